The Morgan fingerprint density at radius 1 is 1.21 bits per heavy atom. The number of nitrogens with zero attached hydrogens (tertiary/aromatic N) is 4. The van der Waals surface area contributed by atoms with Crippen LogP contribution in [-0.2, 0) is 4.74 Å². The average molecular weight is 464 g/mol. The van der Waals surface area contributed by atoms with Gasteiger partial charge in [-0.3, -0.25) is 4.79 Å². The Kier molecular flexibility index (Phi) is 7.44. The number of benzene rings is 1. The summed E-state index contributed by atoms with van der Waals surface area (Å²) < 4.78 is 18.3. The van der Waals surface area contributed by atoms with E-state index in [-0.39, 0.29) is 5.91 Å². The number of hydrogen-bond donors (Lipinski definition) is 1. The lowest BCUT2D eigenvalue weighted by atomic mass is 10.2. The van der Waals surface area contributed by atoms with E-state index in [0.29, 0.717) is 28.7 Å². The number of amides is 1. The Balaban J connectivity index is 1.48. The Hall–Kier alpha value is -3.85. The minimum atomic E-state index is -0.311. The van der Waals surface area contributed by atoms with Gasteiger partial charge in [0.05, 0.1) is 32.1 Å². The summed E-state index contributed by atoms with van der Waals surface area (Å²) in [5.41, 5.74) is 2.13. The number of fused-ring (bicyclic) bond motifs is 1. The smallest absolute Gasteiger partial charge is 0.260 e. The van der Waals surface area contributed by atoms with Crippen molar-refractivity contribution < 1.29 is 19.0 Å². The molecule has 1 amide bonds. The molecule has 3 heterocycles. The Morgan fingerprint density at radius 2 is 2.00 bits per heavy atom. The monoisotopic (exact) mass is 463 g/mol. The zero-order chi connectivity index (χ0) is 23.9. The van der Waals surface area contributed by atoms with E-state index in [1.54, 1.807) is 41.0 Å². The van der Waals surface area contributed by atoms with Gasteiger partial charge in [-0.2, -0.15) is 0 Å². The zero-order valence-electron chi connectivity index (χ0n) is 19.7. The third kappa shape index (κ3) is 5.55. The SMILES string of the molecule is CC/C=C(\C=C(/C)Oc1ccc2nc(NC(=O)c3ccccc3OC)cn2n1)N1CCOCC1. The number of methoxy groups -OCH3 is 1. The summed E-state index contributed by atoms with van der Waals surface area (Å²) in [6, 6.07) is 10.6. The highest BCUT2D eigenvalue weighted by Gasteiger charge is 2.15. The number of nitrogens with one attached hydrogen (secondary N) is 1. The molecular weight excluding hydrogens is 434 g/mol. The van der Waals surface area contributed by atoms with Gasteiger partial charge in [0, 0.05) is 24.9 Å². The predicted octanol–water partition coefficient (Wildman–Crippen LogP) is 3.90. The van der Waals surface area contributed by atoms with Crippen LogP contribution in [0.5, 0.6) is 11.6 Å². The van der Waals surface area contributed by atoms with Gasteiger partial charge in [-0.05, 0) is 37.6 Å². The molecule has 3 aromatic rings. The number of imidazole rings is 1. The molecule has 0 unspecified atom stereocenters. The van der Waals surface area contributed by atoms with Crippen LogP contribution in [-0.4, -0.2) is 58.8 Å². The maximum absolute atomic E-state index is 12.7. The first-order valence-electron chi connectivity index (χ1n) is 11.3. The molecule has 2 aromatic heterocycles. The lowest BCUT2D eigenvalue weighted by molar-refractivity contribution is 0.0551. The van der Waals surface area contributed by atoms with Crippen LogP contribution in [0, 0.1) is 0 Å². The summed E-state index contributed by atoms with van der Waals surface area (Å²) in [6.07, 6.45) is 6.78. The third-order valence-electron chi connectivity index (χ3n) is 5.29. The molecule has 9 heteroatoms. The third-order valence-corrected chi connectivity index (χ3v) is 5.29. The van der Waals surface area contributed by atoms with Crippen molar-refractivity contribution in [3.63, 3.8) is 0 Å². The van der Waals surface area contributed by atoms with Crippen molar-refractivity contribution in [1.29, 1.82) is 0 Å². The van der Waals surface area contributed by atoms with Gasteiger partial charge < -0.3 is 24.4 Å². The summed E-state index contributed by atoms with van der Waals surface area (Å²) in [6.45, 7) is 7.19. The Bertz CT molecular complexity index is 1210. The van der Waals surface area contributed by atoms with Gasteiger partial charge in [-0.25, -0.2) is 9.50 Å². The van der Waals surface area contributed by atoms with E-state index in [1.165, 1.54) is 7.11 Å². The van der Waals surface area contributed by atoms with Gasteiger partial charge >= 0.3 is 0 Å². The molecule has 9 nitrogen and oxygen atoms in total. The first-order chi connectivity index (χ1) is 16.6. The van der Waals surface area contributed by atoms with Crippen LogP contribution in [0.1, 0.15) is 30.6 Å². The number of hydrogen-bond acceptors (Lipinski definition) is 7. The molecule has 1 N–H and O–H groups in total. The van der Waals surface area contributed by atoms with Gasteiger partial charge in [-0.1, -0.05) is 25.1 Å². The number of morpholine rings is 1. The topological polar surface area (TPSA) is 90.2 Å². The predicted molar refractivity (Wildman–Crippen MR) is 129 cm³/mol. The molecule has 4 rings (SSSR count). The summed E-state index contributed by atoms with van der Waals surface area (Å²) in [7, 11) is 1.53. The van der Waals surface area contributed by atoms with Crippen molar-refractivity contribution in [2.75, 3.05) is 38.7 Å². The largest absolute Gasteiger partial charge is 0.496 e. The number of carbonyl (C=O) groups excluding carboxylic acids is 1. The summed E-state index contributed by atoms with van der Waals surface area (Å²) in [5, 5.41) is 7.27. The average Bonchev–Trinajstić information content (AvgIpc) is 3.25. The highest BCUT2D eigenvalue weighted by atomic mass is 16.5. The van der Waals surface area contributed by atoms with Crippen LogP contribution in [0.25, 0.3) is 5.65 Å². The maximum atomic E-state index is 12.7. The van der Waals surface area contributed by atoms with E-state index >= 15 is 0 Å². The van der Waals surface area contributed by atoms with E-state index in [2.05, 4.69) is 33.3 Å². The van der Waals surface area contributed by atoms with Gasteiger partial charge in [-0.15, -0.1) is 5.10 Å². The molecule has 0 bridgehead atoms. The second kappa shape index (κ2) is 10.8. The fourth-order valence-corrected chi connectivity index (χ4v) is 3.71. The fourth-order valence-electron chi connectivity index (χ4n) is 3.71. The van der Waals surface area contributed by atoms with Crippen molar-refractivity contribution in [3.05, 3.63) is 71.8 Å². The molecule has 34 heavy (non-hydrogen) atoms. The lowest BCUT2D eigenvalue weighted by Crippen LogP contribution is -2.35. The molecule has 1 aliphatic heterocycles. The number of ether oxygens (including phenoxy) is 3. The fraction of sp³-hybridized carbons (Fsp3) is 0.320. The summed E-state index contributed by atoms with van der Waals surface area (Å²) >= 11 is 0. The molecule has 1 aliphatic rings. The van der Waals surface area contributed by atoms with Crippen LogP contribution >= 0.6 is 0 Å². The van der Waals surface area contributed by atoms with Gasteiger partial charge in [0.15, 0.2) is 11.5 Å². The minimum Gasteiger partial charge on any atom is -0.496 e. The second-order valence-corrected chi connectivity index (χ2v) is 7.75. The number of aromatic nitrogens is 3. The molecule has 178 valence electrons. The van der Waals surface area contributed by atoms with Crippen LogP contribution in [0.15, 0.2) is 66.2 Å². The maximum Gasteiger partial charge on any atom is 0.260 e. The molecule has 1 aromatic carbocycles. The first-order valence-corrected chi connectivity index (χ1v) is 11.3. The molecule has 1 saturated heterocycles. The van der Waals surface area contributed by atoms with Crippen LogP contribution in [0.4, 0.5) is 5.82 Å². The van der Waals surface area contributed by atoms with Gasteiger partial charge in [0.1, 0.15) is 11.5 Å². The molecule has 0 atom stereocenters. The zero-order valence-corrected chi connectivity index (χ0v) is 19.7. The Labute approximate surface area is 198 Å². The number of rotatable bonds is 8. The molecule has 0 spiro atoms. The molecular formula is C25H29N5O4. The molecule has 0 aliphatic carbocycles. The normalized spacial score (nSPS) is 14.9. The number of anilines is 1. The van der Waals surface area contributed by atoms with Gasteiger partial charge in [0.2, 0.25) is 5.88 Å². The Morgan fingerprint density at radius 3 is 2.76 bits per heavy atom. The highest BCUT2D eigenvalue weighted by Crippen LogP contribution is 2.20. The molecule has 0 radical (unpaired) electrons. The lowest BCUT2D eigenvalue weighted by Gasteiger charge is -2.30. The second-order valence-electron chi connectivity index (χ2n) is 7.75. The number of allylic oxidation sites excluding steroid dienone is 3. The van der Waals surface area contributed by atoms with E-state index in [0.717, 1.165) is 44.2 Å². The van der Waals surface area contributed by atoms with E-state index in [4.69, 9.17) is 14.2 Å². The molecule has 0 saturated carbocycles. The van der Waals surface area contributed by atoms with Crippen molar-refractivity contribution in [1.82, 2.24) is 19.5 Å². The molecule has 1 fully saturated rings. The summed E-state index contributed by atoms with van der Waals surface area (Å²) in [5.74, 6) is 1.72. The van der Waals surface area contributed by atoms with Crippen molar-refractivity contribution in [2.24, 2.45) is 0 Å². The van der Waals surface area contributed by atoms with E-state index in [9.17, 15) is 4.79 Å². The highest BCUT2D eigenvalue weighted by molar-refractivity contribution is 6.05. The summed E-state index contributed by atoms with van der Waals surface area (Å²) in [4.78, 5) is 19.4. The minimum absolute atomic E-state index is 0.311. The van der Waals surface area contributed by atoms with Crippen molar-refractivity contribution >= 4 is 17.4 Å². The van der Waals surface area contributed by atoms with E-state index < -0.39 is 0 Å². The quantitative estimate of drug-likeness (QED) is 0.400. The van der Waals surface area contributed by atoms with Crippen LogP contribution in [0.3, 0.4) is 0 Å². The number of carbonyl (C=O) groups is 1. The first kappa shape index (κ1) is 23.3. The van der Waals surface area contributed by atoms with Crippen molar-refractivity contribution in [2.45, 2.75) is 20.3 Å². The van der Waals surface area contributed by atoms with E-state index in [1.807, 2.05) is 19.1 Å². The van der Waals surface area contributed by atoms with Crippen molar-refractivity contribution in [3.8, 4) is 11.6 Å². The van der Waals surface area contributed by atoms with Gasteiger partial charge in [0.25, 0.3) is 5.91 Å². The van der Waals surface area contributed by atoms with Crippen LogP contribution in [0.2, 0.25) is 0 Å². The standard InChI is InChI=1S/C25H29N5O4/c1-4-7-19(29-12-14-33-15-13-29)16-18(2)34-24-11-10-23-26-22(17-30(23)28-24)27-25(31)20-8-5-6-9-21(20)32-3/h5-11,16-17H,4,12-15H2,1-3H3,(H,27,31)/b18-16+,19-7+. The van der Waals surface area contributed by atoms with Crippen LogP contribution < -0.4 is 14.8 Å². The number of para-hydroxylation sites is 1.